The second-order valence-corrected chi connectivity index (χ2v) is 9.14. The second-order valence-electron chi connectivity index (χ2n) is 9.14. The Hall–Kier alpha value is -1.34. The van der Waals surface area contributed by atoms with E-state index >= 15 is 0 Å². The molecular formula is C20H32O6. The molecule has 1 aromatic heterocycles. The first-order valence-corrected chi connectivity index (χ1v) is 9.02. The lowest BCUT2D eigenvalue weighted by molar-refractivity contribution is -0.439. The van der Waals surface area contributed by atoms with Gasteiger partial charge in [-0.05, 0) is 66.0 Å². The van der Waals surface area contributed by atoms with Crippen LogP contribution in [0, 0.1) is 0 Å². The molecule has 0 saturated heterocycles. The first kappa shape index (κ1) is 21.0. The van der Waals surface area contributed by atoms with Crippen molar-refractivity contribution in [2.75, 3.05) is 6.61 Å². The molecule has 6 nitrogen and oxygen atoms in total. The van der Waals surface area contributed by atoms with Crippen molar-refractivity contribution in [3.05, 3.63) is 23.3 Å². The highest BCUT2D eigenvalue weighted by Gasteiger charge is 2.37. The van der Waals surface area contributed by atoms with Crippen LogP contribution in [0.1, 0.15) is 79.4 Å². The summed E-state index contributed by atoms with van der Waals surface area (Å²) in [6.07, 6.45) is 0. The molecule has 0 aliphatic carbocycles. The van der Waals surface area contributed by atoms with E-state index in [1.807, 2.05) is 60.6 Å². The molecular weight excluding hydrogens is 336 g/mol. The topological polar surface area (TPSA) is 63.2 Å². The molecule has 1 aromatic carbocycles. The fourth-order valence-corrected chi connectivity index (χ4v) is 2.50. The van der Waals surface area contributed by atoms with Gasteiger partial charge in [-0.3, -0.25) is 9.15 Å². The maximum Gasteiger partial charge on any atom is 0.229 e. The Morgan fingerprint density at radius 2 is 1.46 bits per heavy atom. The third-order valence-corrected chi connectivity index (χ3v) is 3.64. The van der Waals surface area contributed by atoms with Crippen LogP contribution < -0.4 is 0 Å². The van der Waals surface area contributed by atoms with Crippen molar-refractivity contribution in [3.63, 3.8) is 0 Å². The van der Waals surface area contributed by atoms with Crippen molar-refractivity contribution in [1.82, 2.24) is 0 Å². The summed E-state index contributed by atoms with van der Waals surface area (Å²) in [5.41, 5.74) is 1.59. The van der Waals surface area contributed by atoms with Crippen molar-refractivity contribution in [3.8, 4) is 0 Å². The van der Waals surface area contributed by atoms with E-state index < -0.39 is 16.8 Å². The molecule has 2 aromatic rings. The quantitative estimate of drug-likeness (QED) is 0.451. The van der Waals surface area contributed by atoms with E-state index in [4.69, 9.17) is 28.7 Å². The van der Waals surface area contributed by atoms with Gasteiger partial charge in [0.2, 0.25) is 11.2 Å². The molecule has 2 rings (SSSR count). The standard InChI is InChI=1S/C20H32O6/c1-13(2)16-14(10-11-15-17(16)23-22-15)20(9,26-25-19(6,7)8)12-21-24-18(3,4)5/h10-11,13H,12H2,1-9H3. The monoisotopic (exact) mass is 368 g/mol. The van der Waals surface area contributed by atoms with Crippen molar-refractivity contribution >= 4 is 11.2 Å². The minimum Gasteiger partial charge on any atom is -0.286 e. The average Bonchev–Trinajstić information content (AvgIpc) is 2.43. The lowest BCUT2D eigenvalue weighted by atomic mass is 9.86. The zero-order chi connectivity index (χ0) is 19.8. The molecule has 0 radical (unpaired) electrons. The van der Waals surface area contributed by atoms with E-state index in [0.29, 0.717) is 0 Å². The van der Waals surface area contributed by atoms with Gasteiger partial charge in [0.05, 0.1) is 11.2 Å². The first-order valence-electron chi connectivity index (χ1n) is 9.02. The summed E-state index contributed by atoms with van der Waals surface area (Å²) in [6.45, 7) is 17.8. The summed E-state index contributed by atoms with van der Waals surface area (Å²) in [5.74, 6) is 0.199. The molecule has 0 N–H and O–H groups in total. The number of benzene rings is 1. The summed E-state index contributed by atoms with van der Waals surface area (Å²) >= 11 is 0. The highest BCUT2D eigenvalue weighted by Crippen LogP contribution is 2.39. The molecule has 26 heavy (non-hydrogen) atoms. The van der Waals surface area contributed by atoms with Crippen molar-refractivity contribution in [1.29, 1.82) is 0 Å². The maximum absolute atomic E-state index is 5.90. The van der Waals surface area contributed by atoms with Gasteiger partial charge in [-0.1, -0.05) is 19.9 Å². The highest BCUT2D eigenvalue weighted by molar-refractivity contribution is 5.77. The lowest BCUT2D eigenvalue weighted by Gasteiger charge is -2.34. The highest BCUT2D eigenvalue weighted by atomic mass is 17.2. The third kappa shape index (κ3) is 5.10. The Labute approximate surface area is 155 Å². The van der Waals surface area contributed by atoms with E-state index in [-0.39, 0.29) is 12.5 Å². The number of rotatable bonds is 7. The lowest BCUT2D eigenvalue weighted by Crippen LogP contribution is -2.37. The molecule has 0 saturated carbocycles. The largest absolute Gasteiger partial charge is 0.286 e. The molecule has 0 aliphatic heterocycles. The van der Waals surface area contributed by atoms with E-state index in [0.717, 1.165) is 22.3 Å². The summed E-state index contributed by atoms with van der Waals surface area (Å²) in [7, 11) is 0. The summed E-state index contributed by atoms with van der Waals surface area (Å²) < 4.78 is 10.3. The maximum atomic E-state index is 5.90. The summed E-state index contributed by atoms with van der Waals surface area (Å²) in [5, 5.41) is 0. The molecule has 1 atom stereocenters. The van der Waals surface area contributed by atoms with Crippen LogP contribution in [0.3, 0.4) is 0 Å². The van der Waals surface area contributed by atoms with Gasteiger partial charge >= 0.3 is 0 Å². The van der Waals surface area contributed by atoms with Gasteiger partial charge < -0.3 is 0 Å². The van der Waals surface area contributed by atoms with Gasteiger partial charge in [0.1, 0.15) is 6.61 Å². The van der Waals surface area contributed by atoms with E-state index in [1.54, 1.807) is 0 Å². The molecule has 0 spiro atoms. The zero-order valence-electron chi connectivity index (χ0n) is 17.4. The van der Waals surface area contributed by atoms with Crippen LogP contribution in [0.2, 0.25) is 0 Å². The van der Waals surface area contributed by atoms with Crippen LogP contribution in [-0.4, -0.2) is 17.8 Å². The van der Waals surface area contributed by atoms with E-state index in [1.165, 1.54) is 0 Å². The Morgan fingerprint density at radius 3 is 1.92 bits per heavy atom. The predicted octanol–water partition coefficient (Wildman–Crippen LogP) is 5.86. The van der Waals surface area contributed by atoms with Crippen molar-refractivity contribution in [2.24, 2.45) is 0 Å². The fraction of sp³-hybridized carbons (Fsp3) is 0.700. The normalized spacial score (nSPS) is 15.8. The van der Waals surface area contributed by atoms with Gasteiger partial charge in [-0.2, -0.15) is 0 Å². The van der Waals surface area contributed by atoms with Gasteiger partial charge in [0.25, 0.3) is 0 Å². The smallest absolute Gasteiger partial charge is 0.229 e. The molecule has 1 unspecified atom stereocenters. The Morgan fingerprint density at radius 1 is 0.846 bits per heavy atom. The molecule has 148 valence electrons. The van der Waals surface area contributed by atoms with Crippen LogP contribution in [0.5, 0.6) is 0 Å². The molecule has 0 bridgehead atoms. The summed E-state index contributed by atoms with van der Waals surface area (Å²) in [6, 6.07) is 3.83. The second kappa shape index (κ2) is 7.35. The fourth-order valence-electron chi connectivity index (χ4n) is 2.50. The first-order chi connectivity index (χ1) is 11.8. The van der Waals surface area contributed by atoms with E-state index in [2.05, 4.69) is 13.8 Å². The van der Waals surface area contributed by atoms with Crippen LogP contribution in [0.15, 0.2) is 21.3 Å². The van der Waals surface area contributed by atoms with E-state index in [9.17, 15) is 0 Å². The van der Waals surface area contributed by atoms with Crippen molar-refractivity contribution < 1.29 is 28.7 Å². The van der Waals surface area contributed by atoms with Crippen molar-refractivity contribution in [2.45, 2.75) is 85.0 Å². The van der Waals surface area contributed by atoms with Gasteiger partial charge in [0, 0.05) is 5.56 Å². The van der Waals surface area contributed by atoms with Crippen LogP contribution >= 0.6 is 0 Å². The molecule has 0 fully saturated rings. The number of fused-ring (bicyclic) bond motifs is 1. The summed E-state index contributed by atoms with van der Waals surface area (Å²) in [4.78, 5) is 22.5. The minimum absolute atomic E-state index is 0.152. The molecule has 0 amide bonds. The predicted molar refractivity (Wildman–Crippen MR) is 98.6 cm³/mol. The minimum atomic E-state index is -0.897. The zero-order valence-corrected chi connectivity index (χ0v) is 17.4. The number of hydrogen-bond acceptors (Lipinski definition) is 6. The van der Waals surface area contributed by atoms with Crippen LogP contribution in [0.4, 0.5) is 0 Å². The third-order valence-electron chi connectivity index (χ3n) is 3.64. The average molecular weight is 368 g/mol. The van der Waals surface area contributed by atoms with Gasteiger partial charge in [0.15, 0.2) is 5.60 Å². The van der Waals surface area contributed by atoms with Crippen LogP contribution in [-0.2, 0) is 25.2 Å². The van der Waals surface area contributed by atoms with Gasteiger partial charge in [-0.25, -0.2) is 19.6 Å². The Bertz CT molecular complexity index is 713. The van der Waals surface area contributed by atoms with Crippen LogP contribution in [0.25, 0.3) is 11.2 Å². The number of hydrogen-bond donors (Lipinski definition) is 0. The molecule has 0 aliphatic rings. The molecule has 1 heterocycles. The Kier molecular flexibility index (Phi) is 5.93. The molecule has 6 heteroatoms. The SMILES string of the molecule is CC(C)c1c(C(C)(COOC(C)(C)C)OOC(C)(C)C)ccc2ooc12. The van der Waals surface area contributed by atoms with Gasteiger partial charge in [-0.15, -0.1) is 0 Å². The Balaban J connectivity index is 2.38.